The third-order valence-corrected chi connectivity index (χ3v) is 2.46. The van der Waals surface area contributed by atoms with E-state index < -0.39 is 0 Å². The van der Waals surface area contributed by atoms with Gasteiger partial charge >= 0.3 is 0 Å². The van der Waals surface area contributed by atoms with Crippen LogP contribution in [0.1, 0.15) is 20.8 Å². The van der Waals surface area contributed by atoms with E-state index in [1.54, 1.807) is 11.8 Å². The van der Waals surface area contributed by atoms with Crippen molar-refractivity contribution in [2.45, 2.75) is 26.9 Å². The minimum absolute atomic E-state index is 0.113. The van der Waals surface area contributed by atoms with Crippen molar-refractivity contribution in [3.63, 3.8) is 0 Å². The van der Waals surface area contributed by atoms with Gasteiger partial charge in [0.05, 0.1) is 5.92 Å². The smallest absolute Gasteiger partial charge is 0.259 e. The summed E-state index contributed by atoms with van der Waals surface area (Å²) in [4.78, 5) is 12.7. The van der Waals surface area contributed by atoms with Crippen LogP contribution in [0.2, 0.25) is 0 Å². The molecule has 0 radical (unpaired) electrons. The van der Waals surface area contributed by atoms with E-state index in [0.29, 0.717) is 5.17 Å². The van der Waals surface area contributed by atoms with Crippen LogP contribution in [0.3, 0.4) is 0 Å². The number of hydrogen-bond donors (Lipinski definition) is 0. The molecular formula is C9H17NO2S. The molecule has 0 amide bonds. The molecule has 0 aromatic rings. The molecule has 0 saturated carbocycles. The molecule has 3 nitrogen and oxygen atoms in total. The third-order valence-electron chi connectivity index (χ3n) is 2.00. The maximum absolute atomic E-state index is 11.0. The Hall–Kier alpha value is -0.640. The zero-order chi connectivity index (χ0) is 10.6. The van der Waals surface area contributed by atoms with E-state index in [1.165, 1.54) is 0 Å². The molecule has 0 aliphatic carbocycles. The Morgan fingerprint density at radius 3 is 2.15 bits per heavy atom. The highest BCUT2D eigenvalue weighted by atomic mass is 32.1. The number of ether oxygens (including phenoxy) is 1. The second-order valence-electron chi connectivity index (χ2n) is 3.38. The van der Waals surface area contributed by atoms with Crippen molar-refractivity contribution in [3.05, 3.63) is 0 Å². The maximum Gasteiger partial charge on any atom is 0.259 e. The van der Waals surface area contributed by atoms with Crippen LogP contribution in [0.15, 0.2) is 0 Å². The SMILES string of the molecule is CC(=O)C(C)C(C)OC(=S)N(C)C. The van der Waals surface area contributed by atoms with Crippen molar-refractivity contribution in [1.29, 1.82) is 0 Å². The summed E-state index contributed by atoms with van der Waals surface area (Å²) in [7, 11) is 3.63. The number of ketones is 1. The molecule has 0 N–H and O–H groups in total. The van der Waals surface area contributed by atoms with E-state index in [9.17, 15) is 4.79 Å². The van der Waals surface area contributed by atoms with Gasteiger partial charge in [0, 0.05) is 14.1 Å². The van der Waals surface area contributed by atoms with Crippen LogP contribution in [0.25, 0.3) is 0 Å². The Labute approximate surface area is 85.1 Å². The first-order valence-electron chi connectivity index (χ1n) is 4.24. The van der Waals surface area contributed by atoms with Gasteiger partial charge in [0.1, 0.15) is 11.9 Å². The summed E-state index contributed by atoms with van der Waals surface area (Å²) in [6, 6.07) is 0. The largest absolute Gasteiger partial charge is 0.467 e. The fourth-order valence-corrected chi connectivity index (χ4v) is 0.849. The average molecular weight is 203 g/mol. The molecule has 0 heterocycles. The second kappa shape index (κ2) is 5.17. The van der Waals surface area contributed by atoms with Gasteiger partial charge in [0.15, 0.2) is 0 Å². The Balaban J connectivity index is 4.07. The maximum atomic E-state index is 11.0. The number of carbonyl (C=O) groups excluding carboxylic acids is 1. The number of Topliss-reactive ketones (excluding diaryl/α,β-unsaturated/α-hetero) is 1. The number of nitrogens with zero attached hydrogens (tertiary/aromatic N) is 1. The molecule has 0 saturated heterocycles. The standard InChI is InChI=1S/C9H17NO2S/c1-6(7(2)11)8(3)12-9(13)10(4)5/h6,8H,1-5H3. The molecule has 76 valence electrons. The Kier molecular flexibility index (Phi) is 4.91. The summed E-state index contributed by atoms with van der Waals surface area (Å²) in [5.41, 5.74) is 0. The first-order chi connectivity index (χ1) is 5.86. The highest BCUT2D eigenvalue weighted by molar-refractivity contribution is 7.80. The van der Waals surface area contributed by atoms with Gasteiger partial charge in [-0.25, -0.2) is 0 Å². The van der Waals surface area contributed by atoms with Crippen LogP contribution in [0, 0.1) is 5.92 Å². The molecule has 0 aromatic heterocycles. The summed E-state index contributed by atoms with van der Waals surface area (Å²) in [5.74, 6) is 0.00644. The van der Waals surface area contributed by atoms with E-state index in [-0.39, 0.29) is 17.8 Å². The highest BCUT2D eigenvalue weighted by Crippen LogP contribution is 2.09. The van der Waals surface area contributed by atoms with Gasteiger partial charge in [-0.1, -0.05) is 6.92 Å². The molecule has 2 unspecified atom stereocenters. The van der Waals surface area contributed by atoms with Gasteiger partial charge in [-0.2, -0.15) is 0 Å². The fourth-order valence-electron chi connectivity index (χ4n) is 0.697. The first kappa shape index (κ1) is 12.4. The average Bonchev–Trinajstić information content (AvgIpc) is 2.02. The molecule has 2 atom stereocenters. The fraction of sp³-hybridized carbons (Fsp3) is 0.778. The number of rotatable bonds is 3. The monoisotopic (exact) mass is 203 g/mol. The number of thiocarbonyl (C=S) groups is 1. The predicted molar refractivity (Wildman–Crippen MR) is 56.7 cm³/mol. The van der Waals surface area contributed by atoms with E-state index in [4.69, 9.17) is 17.0 Å². The van der Waals surface area contributed by atoms with Gasteiger partial charge < -0.3 is 9.64 Å². The predicted octanol–water partition coefficient (Wildman–Crippen LogP) is 1.46. The van der Waals surface area contributed by atoms with Gasteiger partial charge in [0.25, 0.3) is 5.17 Å². The van der Waals surface area contributed by atoms with E-state index in [1.807, 2.05) is 27.9 Å². The van der Waals surface area contributed by atoms with Gasteiger partial charge in [-0.3, -0.25) is 4.79 Å². The normalized spacial score (nSPS) is 14.5. The number of hydrogen-bond acceptors (Lipinski definition) is 3. The van der Waals surface area contributed by atoms with Crippen molar-refractivity contribution >= 4 is 23.2 Å². The van der Waals surface area contributed by atoms with Crippen molar-refractivity contribution in [2.24, 2.45) is 5.92 Å². The summed E-state index contributed by atoms with van der Waals surface area (Å²) in [6.07, 6.45) is -0.160. The lowest BCUT2D eigenvalue weighted by atomic mass is 10.0. The zero-order valence-corrected chi connectivity index (χ0v) is 9.64. The summed E-state index contributed by atoms with van der Waals surface area (Å²) < 4.78 is 5.37. The molecule has 0 aliphatic rings. The lowest BCUT2D eigenvalue weighted by molar-refractivity contribution is -0.122. The summed E-state index contributed by atoms with van der Waals surface area (Å²) >= 11 is 4.95. The van der Waals surface area contributed by atoms with Crippen LogP contribution < -0.4 is 0 Å². The topological polar surface area (TPSA) is 29.5 Å². The van der Waals surface area contributed by atoms with Gasteiger partial charge in [-0.15, -0.1) is 0 Å². The second-order valence-corrected chi connectivity index (χ2v) is 3.73. The molecule has 0 aromatic carbocycles. The molecule has 0 fully saturated rings. The zero-order valence-electron chi connectivity index (χ0n) is 8.83. The molecule has 13 heavy (non-hydrogen) atoms. The van der Waals surface area contributed by atoms with E-state index >= 15 is 0 Å². The number of carbonyl (C=O) groups is 1. The molecule has 0 aliphatic heterocycles. The quantitative estimate of drug-likeness (QED) is 0.650. The minimum Gasteiger partial charge on any atom is -0.467 e. The lowest BCUT2D eigenvalue weighted by Gasteiger charge is -2.22. The van der Waals surface area contributed by atoms with Gasteiger partial charge in [-0.05, 0) is 26.1 Å². The van der Waals surface area contributed by atoms with Crippen LogP contribution in [0.4, 0.5) is 0 Å². The minimum atomic E-state index is -0.160. The van der Waals surface area contributed by atoms with E-state index in [0.717, 1.165) is 0 Å². The molecule has 0 bridgehead atoms. The molecular weight excluding hydrogens is 186 g/mol. The van der Waals surface area contributed by atoms with Crippen molar-refractivity contribution < 1.29 is 9.53 Å². The van der Waals surface area contributed by atoms with Gasteiger partial charge in [0.2, 0.25) is 0 Å². The van der Waals surface area contributed by atoms with Crippen LogP contribution in [0.5, 0.6) is 0 Å². The van der Waals surface area contributed by atoms with E-state index in [2.05, 4.69) is 0 Å². The van der Waals surface area contributed by atoms with Crippen LogP contribution >= 0.6 is 12.2 Å². The third kappa shape index (κ3) is 4.22. The molecule has 4 heteroatoms. The molecule has 0 spiro atoms. The summed E-state index contributed by atoms with van der Waals surface area (Å²) in [6.45, 7) is 5.25. The van der Waals surface area contributed by atoms with Crippen molar-refractivity contribution in [3.8, 4) is 0 Å². The van der Waals surface area contributed by atoms with Crippen molar-refractivity contribution in [2.75, 3.05) is 14.1 Å². The lowest BCUT2D eigenvalue weighted by Crippen LogP contribution is -2.31. The highest BCUT2D eigenvalue weighted by Gasteiger charge is 2.19. The Morgan fingerprint density at radius 2 is 1.85 bits per heavy atom. The van der Waals surface area contributed by atoms with Crippen LogP contribution in [-0.2, 0) is 9.53 Å². The Bertz CT molecular complexity index is 204. The van der Waals surface area contributed by atoms with Crippen molar-refractivity contribution in [1.82, 2.24) is 4.90 Å². The first-order valence-corrected chi connectivity index (χ1v) is 4.65. The summed E-state index contributed by atoms with van der Waals surface area (Å²) in [5, 5.41) is 0.417. The molecule has 0 rings (SSSR count). The van der Waals surface area contributed by atoms with Crippen LogP contribution in [-0.4, -0.2) is 36.1 Å². The Morgan fingerprint density at radius 1 is 1.38 bits per heavy atom.